The Balaban J connectivity index is 2.02. The molecule has 3 N–H and O–H groups in total. The Morgan fingerprint density at radius 3 is 2.04 bits per heavy atom. The topological polar surface area (TPSA) is 97.9 Å². The fourth-order valence-corrected chi connectivity index (χ4v) is 3.23. The summed E-state index contributed by atoms with van der Waals surface area (Å²) in [4.78, 5) is 36.9. The summed E-state index contributed by atoms with van der Waals surface area (Å²) in [5.41, 5.74) is 4.24. The summed E-state index contributed by atoms with van der Waals surface area (Å²) in [5.74, 6) is -0.470. The van der Waals surface area contributed by atoms with Gasteiger partial charge < -0.3 is 5.73 Å². The standard InChI is InChI=1S/C22H37N3O3/c1-2-3-4-5-6-7-8-9-10-11-12-13-14-15-16-17-21(27)25-19(23)18-20(26)24-22(25)28/h9-10,18H,2-8,11-17,23H2,1H3,(H,24,26,28). The fourth-order valence-electron chi connectivity index (χ4n) is 3.23. The molecule has 0 aromatic carbocycles. The normalized spacial score (nSPS) is 11.3. The van der Waals surface area contributed by atoms with E-state index in [2.05, 4.69) is 24.1 Å². The maximum Gasteiger partial charge on any atom is 0.336 e. The molecule has 0 radical (unpaired) electrons. The molecule has 0 amide bonds. The molecular formula is C22H37N3O3. The van der Waals surface area contributed by atoms with Crippen LogP contribution in [0.5, 0.6) is 0 Å². The fraction of sp³-hybridized carbons (Fsp3) is 0.682. The summed E-state index contributed by atoms with van der Waals surface area (Å²) in [6.07, 6.45) is 20.3. The summed E-state index contributed by atoms with van der Waals surface area (Å²) in [6, 6.07) is 1.05. The van der Waals surface area contributed by atoms with Gasteiger partial charge in [0, 0.05) is 12.5 Å². The van der Waals surface area contributed by atoms with Crippen molar-refractivity contribution in [3.63, 3.8) is 0 Å². The van der Waals surface area contributed by atoms with E-state index in [1.165, 1.54) is 51.4 Å². The van der Waals surface area contributed by atoms with Crippen LogP contribution in [0.25, 0.3) is 0 Å². The second kappa shape index (κ2) is 14.9. The Labute approximate surface area is 168 Å². The van der Waals surface area contributed by atoms with Crippen LogP contribution >= 0.6 is 0 Å². The highest BCUT2D eigenvalue weighted by Crippen LogP contribution is 2.10. The van der Waals surface area contributed by atoms with Gasteiger partial charge in [0.25, 0.3) is 5.56 Å². The molecule has 0 atom stereocenters. The minimum Gasteiger partial charge on any atom is -0.384 e. The third-order valence-electron chi connectivity index (χ3n) is 4.87. The van der Waals surface area contributed by atoms with Crippen LogP contribution in [0.1, 0.15) is 102 Å². The van der Waals surface area contributed by atoms with Gasteiger partial charge in [-0.25, -0.2) is 9.36 Å². The first-order valence-electron chi connectivity index (χ1n) is 10.9. The van der Waals surface area contributed by atoms with E-state index in [9.17, 15) is 14.4 Å². The SMILES string of the molecule is CCCCCCCCC=CCCCCCCCC(=O)n1c(N)cc(=O)[nH]c1=O. The van der Waals surface area contributed by atoms with E-state index in [4.69, 9.17) is 5.73 Å². The van der Waals surface area contributed by atoms with Crippen molar-refractivity contribution in [2.45, 2.75) is 96.8 Å². The zero-order valence-corrected chi connectivity index (χ0v) is 17.4. The molecule has 28 heavy (non-hydrogen) atoms. The Hall–Kier alpha value is -2.11. The molecule has 0 fully saturated rings. The van der Waals surface area contributed by atoms with Crippen LogP contribution in [0.3, 0.4) is 0 Å². The molecule has 6 heteroatoms. The van der Waals surface area contributed by atoms with Crippen molar-refractivity contribution < 1.29 is 4.79 Å². The number of carbonyl (C=O) groups excluding carboxylic acids is 1. The molecule has 0 aliphatic carbocycles. The summed E-state index contributed by atoms with van der Waals surface area (Å²) in [7, 11) is 0. The van der Waals surface area contributed by atoms with Gasteiger partial charge in [0.2, 0.25) is 5.91 Å². The lowest BCUT2D eigenvalue weighted by molar-refractivity contribution is 0.0895. The molecule has 1 heterocycles. The quantitative estimate of drug-likeness (QED) is 0.331. The molecule has 0 saturated carbocycles. The van der Waals surface area contributed by atoms with Crippen molar-refractivity contribution in [1.82, 2.24) is 9.55 Å². The number of rotatable bonds is 15. The van der Waals surface area contributed by atoms with Crippen molar-refractivity contribution in [2.24, 2.45) is 0 Å². The molecule has 6 nitrogen and oxygen atoms in total. The molecule has 0 aliphatic rings. The van der Waals surface area contributed by atoms with Crippen molar-refractivity contribution in [3.8, 4) is 0 Å². The molecule has 0 bridgehead atoms. The van der Waals surface area contributed by atoms with Crippen molar-refractivity contribution >= 4 is 11.7 Å². The van der Waals surface area contributed by atoms with Gasteiger partial charge in [0.15, 0.2) is 0 Å². The van der Waals surface area contributed by atoms with E-state index in [1.54, 1.807) is 0 Å². The van der Waals surface area contributed by atoms with Gasteiger partial charge in [0.05, 0.1) is 0 Å². The van der Waals surface area contributed by atoms with Crippen LogP contribution in [0.15, 0.2) is 27.8 Å². The Morgan fingerprint density at radius 2 is 1.46 bits per heavy atom. The minimum absolute atomic E-state index is 0.105. The van der Waals surface area contributed by atoms with Crippen molar-refractivity contribution in [3.05, 3.63) is 39.1 Å². The highest BCUT2D eigenvalue weighted by molar-refractivity contribution is 5.81. The monoisotopic (exact) mass is 391 g/mol. The average molecular weight is 392 g/mol. The van der Waals surface area contributed by atoms with Crippen LogP contribution in [-0.2, 0) is 0 Å². The van der Waals surface area contributed by atoms with Gasteiger partial charge in [-0.2, -0.15) is 0 Å². The first-order chi connectivity index (χ1) is 13.6. The summed E-state index contributed by atoms with van der Waals surface area (Å²) in [5, 5.41) is 0. The highest BCUT2D eigenvalue weighted by atomic mass is 16.2. The molecule has 1 rings (SSSR count). The van der Waals surface area contributed by atoms with Gasteiger partial charge in [-0.1, -0.05) is 70.4 Å². The maximum atomic E-state index is 12.1. The van der Waals surface area contributed by atoms with Crippen molar-refractivity contribution in [2.75, 3.05) is 5.73 Å². The maximum absolute atomic E-state index is 12.1. The third-order valence-corrected chi connectivity index (χ3v) is 4.87. The second-order valence-corrected chi connectivity index (χ2v) is 7.43. The molecule has 158 valence electrons. The van der Waals surface area contributed by atoms with Crippen LogP contribution in [0, 0.1) is 0 Å². The zero-order valence-electron chi connectivity index (χ0n) is 17.4. The minimum atomic E-state index is -0.761. The number of unbranched alkanes of at least 4 members (excludes halogenated alkanes) is 11. The molecule has 0 aliphatic heterocycles. The van der Waals surface area contributed by atoms with Gasteiger partial charge in [-0.3, -0.25) is 14.6 Å². The van der Waals surface area contributed by atoms with Gasteiger partial charge in [-0.15, -0.1) is 0 Å². The molecule has 1 aromatic heterocycles. The number of nitrogens with one attached hydrogen (secondary N) is 1. The average Bonchev–Trinajstić information content (AvgIpc) is 2.64. The van der Waals surface area contributed by atoms with E-state index >= 15 is 0 Å². The van der Waals surface area contributed by atoms with Gasteiger partial charge in [0.1, 0.15) is 5.82 Å². The second-order valence-electron chi connectivity index (χ2n) is 7.43. The number of carbonyl (C=O) groups is 1. The lowest BCUT2D eigenvalue weighted by atomic mass is 10.1. The first kappa shape index (κ1) is 23.9. The number of aromatic nitrogens is 2. The molecule has 1 aromatic rings. The number of hydrogen-bond donors (Lipinski definition) is 2. The molecular weight excluding hydrogens is 354 g/mol. The number of nitrogens with zero attached hydrogens (tertiary/aromatic N) is 1. The summed E-state index contributed by atoms with van der Waals surface area (Å²) < 4.78 is 0.843. The molecule has 0 unspecified atom stereocenters. The Morgan fingerprint density at radius 1 is 0.929 bits per heavy atom. The zero-order chi connectivity index (χ0) is 20.6. The van der Waals surface area contributed by atoms with E-state index in [1.807, 2.05) is 0 Å². The number of aromatic amines is 1. The number of nitrogens with two attached hydrogens (primary N) is 1. The molecule has 0 saturated heterocycles. The van der Waals surface area contributed by atoms with E-state index in [-0.39, 0.29) is 18.1 Å². The summed E-state index contributed by atoms with van der Waals surface area (Å²) in [6.45, 7) is 2.25. The van der Waals surface area contributed by atoms with Crippen LogP contribution in [0.4, 0.5) is 5.82 Å². The Kier molecular flexibility index (Phi) is 12.7. The number of H-pyrrole nitrogens is 1. The number of allylic oxidation sites excluding steroid dienone is 2. The van der Waals surface area contributed by atoms with Crippen molar-refractivity contribution in [1.29, 1.82) is 0 Å². The smallest absolute Gasteiger partial charge is 0.336 e. The highest BCUT2D eigenvalue weighted by Gasteiger charge is 2.11. The third kappa shape index (κ3) is 10.3. The van der Waals surface area contributed by atoms with Crippen LogP contribution in [-0.4, -0.2) is 15.5 Å². The number of hydrogen-bond acceptors (Lipinski definition) is 4. The first-order valence-corrected chi connectivity index (χ1v) is 10.9. The van der Waals surface area contributed by atoms with E-state index in [0.29, 0.717) is 0 Å². The summed E-state index contributed by atoms with van der Waals surface area (Å²) >= 11 is 0. The number of anilines is 1. The Bertz CT molecular complexity index is 704. The van der Waals surface area contributed by atoms with Crippen LogP contribution < -0.4 is 17.0 Å². The lowest BCUT2D eigenvalue weighted by Gasteiger charge is -2.06. The molecule has 0 spiro atoms. The van der Waals surface area contributed by atoms with E-state index < -0.39 is 11.2 Å². The van der Waals surface area contributed by atoms with Gasteiger partial charge in [-0.05, 0) is 32.1 Å². The van der Waals surface area contributed by atoms with Crippen LogP contribution in [0.2, 0.25) is 0 Å². The largest absolute Gasteiger partial charge is 0.384 e. The lowest BCUT2D eigenvalue weighted by Crippen LogP contribution is -2.35. The predicted octanol–water partition coefficient (Wildman–Crippen LogP) is 4.80. The number of nitrogen functional groups attached to an aromatic ring is 1. The van der Waals surface area contributed by atoms with E-state index in [0.717, 1.165) is 42.7 Å². The van der Waals surface area contributed by atoms with Gasteiger partial charge >= 0.3 is 5.69 Å². The predicted molar refractivity (Wildman–Crippen MR) is 116 cm³/mol.